The molecule has 2 heterocycles. The molecule has 2 unspecified atom stereocenters. The van der Waals surface area contributed by atoms with Crippen LogP contribution in [-0.2, 0) is 13.0 Å². The molecule has 0 bridgehead atoms. The number of piperazine rings is 1. The number of aliphatic hydroxyl groups excluding tert-OH is 1. The first kappa shape index (κ1) is 24.9. The largest absolute Gasteiger partial charge is 0.393 e. The Morgan fingerprint density at radius 3 is 2.64 bits per heavy atom. The lowest BCUT2D eigenvalue weighted by molar-refractivity contribution is 0.193. The van der Waals surface area contributed by atoms with Crippen LogP contribution in [0.2, 0.25) is 0 Å². The molecule has 1 aliphatic heterocycles. The Labute approximate surface area is 214 Å². The maximum absolute atomic E-state index is 13.7. The maximum atomic E-state index is 13.7. The quantitative estimate of drug-likeness (QED) is 0.423. The zero-order valence-corrected chi connectivity index (χ0v) is 21.8. The third-order valence-electron chi connectivity index (χ3n) is 7.83. The van der Waals surface area contributed by atoms with Crippen molar-refractivity contribution in [1.29, 1.82) is 0 Å². The minimum atomic E-state index is -0.326. The van der Waals surface area contributed by atoms with E-state index in [4.69, 9.17) is 4.98 Å². The summed E-state index contributed by atoms with van der Waals surface area (Å²) >= 11 is 0. The number of halogens is 1. The smallest absolute Gasteiger partial charge is 0.129 e. The van der Waals surface area contributed by atoms with Gasteiger partial charge < -0.3 is 10.0 Å². The van der Waals surface area contributed by atoms with Crippen LogP contribution in [0.4, 0.5) is 10.2 Å². The van der Waals surface area contributed by atoms with Crippen LogP contribution in [0.15, 0.2) is 60.8 Å². The molecule has 5 heteroatoms. The molecule has 3 atom stereocenters. The van der Waals surface area contributed by atoms with Crippen LogP contribution in [-0.4, -0.2) is 46.3 Å². The van der Waals surface area contributed by atoms with Gasteiger partial charge in [-0.15, -0.1) is 0 Å². The standard InChI is InChI=1S/C31H38FN3O/c1-4-6-28-18-31(28)21-34(20-25-14-22(2)13-24(16-25)15-23(3)36)11-12-35(31)30-10-9-27(19-33-30)26-7-5-8-29(32)17-26/h5,7-10,13-14,16-17,19,23,28,36H,4,6,11-12,15,18,20-21H2,1-3H3/t23?,28?,31-/m1/s1. The van der Waals surface area contributed by atoms with Gasteiger partial charge in [0, 0.05) is 37.9 Å². The van der Waals surface area contributed by atoms with Crippen molar-refractivity contribution in [2.45, 2.75) is 64.6 Å². The summed E-state index contributed by atoms with van der Waals surface area (Å²) in [6, 6.07) is 17.6. The molecule has 5 rings (SSSR count). The highest BCUT2D eigenvalue weighted by Gasteiger charge is 2.59. The molecule has 1 saturated heterocycles. The molecule has 36 heavy (non-hydrogen) atoms. The first-order chi connectivity index (χ1) is 17.4. The summed E-state index contributed by atoms with van der Waals surface area (Å²) in [6.45, 7) is 10.2. The zero-order chi connectivity index (χ0) is 25.3. The summed E-state index contributed by atoms with van der Waals surface area (Å²) in [5, 5.41) is 9.86. The van der Waals surface area contributed by atoms with Gasteiger partial charge in [0.05, 0.1) is 11.6 Å². The predicted octanol–water partition coefficient (Wildman–Crippen LogP) is 6.00. The maximum Gasteiger partial charge on any atom is 0.129 e. The summed E-state index contributed by atoms with van der Waals surface area (Å²) < 4.78 is 13.7. The first-order valence-electron chi connectivity index (χ1n) is 13.4. The van der Waals surface area contributed by atoms with Gasteiger partial charge in [0.2, 0.25) is 0 Å². The van der Waals surface area contributed by atoms with Crippen molar-refractivity contribution in [2.24, 2.45) is 5.92 Å². The van der Waals surface area contributed by atoms with Gasteiger partial charge in [-0.25, -0.2) is 9.37 Å². The highest BCUT2D eigenvalue weighted by Crippen LogP contribution is 2.54. The van der Waals surface area contributed by atoms with Gasteiger partial charge >= 0.3 is 0 Å². The van der Waals surface area contributed by atoms with E-state index in [1.165, 1.54) is 42.0 Å². The Morgan fingerprint density at radius 1 is 1.08 bits per heavy atom. The molecule has 2 aliphatic rings. The third-order valence-corrected chi connectivity index (χ3v) is 7.83. The van der Waals surface area contributed by atoms with Crippen LogP contribution in [0.1, 0.15) is 49.8 Å². The molecule has 190 valence electrons. The van der Waals surface area contributed by atoms with Crippen molar-refractivity contribution in [3.8, 4) is 11.1 Å². The Bertz CT molecular complexity index is 1190. The molecule has 3 aromatic rings. The molecule has 2 aromatic carbocycles. The second-order valence-corrected chi connectivity index (χ2v) is 11.0. The summed E-state index contributed by atoms with van der Waals surface area (Å²) in [6.07, 6.45) is 5.92. The van der Waals surface area contributed by atoms with Gasteiger partial charge in [-0.2, -0.15) is 0 Å². The Hall–Kier alpha value is -2.76. The van der Waals surface area contributed by atoms with Crippen LogP contribution in [0, 0.1) is 18.7 Å². The molecule has 4 nitrogen and oxygen atoms in total. The number of aliphatic hydroxyl groups is 1. The zero-order valence-electron chi connectivity index (χ0n) is 21.8. The van der Waals surface area contributed by atoms with E-state index in [1.807, 2.05) is 19.2 Å². The van der Waals surface area contributed by atoms with E-state index < -0.39 is 0 Å². The predicted molar refractivity (Wildman–Crippen MR) is 145 cm³/mol. The molecular formula is C31H38FN3O. The molecule has 1 aromatic heterocycles. The van der Waals surface area contributed by atoms with Crippen molar-refractivity contribution in [3.05, 3.63) is 83.3 Å². The van der Waals surface area contributed by atoms with E-state index in [9.17, 15) is 9.50 Å². The number of nitrogens with zero attached hydrogens (tertiary/aromatic N) is 3. The number of hydrogen-bond donors (Lipinski definition) is 1. The van der Waals surface area contributed by atoms with E-state index in [0.717, 1.165) is 43.1 Å². The molecule has 1 N–H and O–H groups in total. The summed E-state index contributed by atoms with van der Waals surface area (Å²) in [7, 11) is 0. The van der Waals surface area contributed by atoms with Gasteiger partial charge in [-0.05, 0) is 80.0 Å². The minimum absolute atomic E-state index is 0.147. The summed E-state index contributed by atoms with van der Waals surface area (Å²) in [5.41, 5.74) is 5.75. The lowest BCUT2D eigenvalue weighted by Crippen LogP contribution is -2.56. The number of benzene rings is 2. The fourth-order valence-corrected chi connectivity index (χ4v) is 6.25. The highest BCUT2D eigenvalue weighted by atomic mass is 19.1. The Balaban J connectivity index is 1.34. The van der Waals surface area contributed by atoms with E-state index in [0.29, 0.717) is 12.3 Å². The van der Waals surface area contributed by atoms with E-state index >= 15 is 0 Å². The Morgan fingerprint density at radius 2 is 1.92 bits per heavy atom. The Kier molecular flexibility index (Phi) is 7.14. The molecule has 1 saturated carbocycles. The van der Waals surface area contributed by atoms with Crippen LogP contribution in [0.25, 0.3) is 11.1 Å². The lowest BCUT2D eigenvalue weighted by Gasteiger charge is -2.44. The van der Waals surface area contributed by atoms with Crippen molar-refractivity contribution < 1.29 is 9.50 Å². The highest BCUT2D eigenvalue weighted by molar-refractivity contribution is 5.64. The molecule has 0 amide bonds. The second-order valence-electron chi connectivity index (χ2n) is 11.0. The SMILES string of the molecule is CCCC1C[C@@]12CN(Cc1cc(C)cc(CC(C)O)c1)CCN2c1ccc(-c2cccc(F)c2)cn1. The van der Waals surface area contributed by atoms with Crippen LogP contribution < -0.4 is 4.90 Å². The summed E-state index contributed by atoms with van der Waals surface area (Å²) in [5.74, 6) is 1.50. The number of rotatable bonds is 8. The number of anilines is 1. The van der Waals surface area contributed by atoms with E-state index in [-0.39, 0.29) is 17.5 Å². The van der Waals surface area contributed by atoms with Crippen molar-refractivity contribution in [3.63, 3.8) is 0 Å². The molecule has 1 aliphatic carbocycles. The molecule has 1 spiro atoms. The molecule has 0 radical (unpaired) electrons. The topological polar surface area (TPSA) is 39.6 Å². The van der Waals surface area contributed by atoms with Crippen molar-refractivity contribution in [2.75, 3.05) is 24.5 Å². The van der Waals surface area contributed by atoms with Gasteiger partial charge in [0.1, 0.15) is 11.6 Å². The number of aryl methyl sites for hydroxylation is 1. The van der Waals surface area contributed by atoms with Gasteiger partial charge in [-0.3, -0.25) is 4.90 Å². The average molecular weight is 488 g/mol. The summed E-state index contributed by atoms with van der Waals surface area (Å²) in [4.78, 5) is 10.0. The number of hydrogen-bond acceptors (Lipinski definition) is 4. The van der Waals surface area contributed by atoms with Gasteiger partial charge in [0.15, 0.2) is 0 Å². The normalized spacial score (nSPS) is 22.7. The monoisotopic (exact) mass is 487 g/mol. The van der Waals surface area contributed by atoms with Crippen molar-refractivity contribution in [1.82, 2.24) is 9.88 Å². The van der Waals surface area contributed by atoms with Crippen LogP contribution in [0.3, 0.4) is 0 Å². The fraction of sp³-hybridized carbons (Fsp3) is 0.452. The lowest BCUT2D eigenvalue weighted by atomic mass is 10.00. The van der Waals surface area contributed by atoms with Crippen molar-refractivity contribution >= 4 is 5.82 Å². The van der Waals surface area contributed by atoms with E-state index in [2.05, 4.69) is 54.0 Å². The molecule has 2 fully saturated rings. The second kappa shape index (κ2) is 10.3. The minimum Gasteiger partial charge on any atom is -0.393 e. The van der Waals surface area contributed by atoms with Crippen LogP contribution in [0.5, 0.6) is 0 Å². The van der Waals surface area contributed by atoms with E-state index in [1.54, 1.807) is 12.1 Å². The van der Waals surface area contributed by atoms with Gasteiger partial charge in [-0.1, -0.05) is 49.2 Å². The number of aromatic nitrogens is 1. The first-order valence-corrected chi connectivity index (χ1v) is 13.4. The van der Waals surface area contributed by atoms with Gasteiger partial charge in [0.25, 0.3) is 0 Å². The molecular weight excluding hydrogens is 449 g/mol. The third kappa shape index (κ3) is 5.33. The average Bonchev–Trinajstić information content (AvgIpc) is 3.50. The fourth-order valence-electron chi connectivity index (χ4n) is 6.25. The number of pyridine rings is 1. The van der Waals surface area contributed by atoms with Crippen LogP contribution >= 0.6 is 0 Å².